The summed E-state index contributed by atoms with van der Waals surface area (Å²) in [5.41, 5.74) is 6.46. The molecule has 0 unspecified atom stereocenters. The van der Waals surface area contributed by atoms with Crippen LogP contribution in [0.4, 0.5) is 5.69 Å². The smallest absolute Gasteiger partial charge is 0.274 e. The van der Waals surface area contributed by atoms with Gasteiger partial charge >= 0.3 is 0 Å². The maximum atomic E-state index is 12.0. The van der Waals surface area contributed by atoms with E-state index in [2.05, 4.69) is 10.4 Å². The van der Waals surface area contributed by atoms with Gasteiger partial charge in [-0.15, -0.1) is 0 Å². The highest BCUT2D eigenvalue weighted by molar-refractivity contribution is 5.97. The Kier molecular flexibility index (Phi) is 3.86. The first-order valence-electron chi connectivity index (χ1n) is 6.23. The van der Waals surface area contributed by atoms with Crippen LogP contribution in [0.25, 0.3) is 0 Å². The highest BCUT2D eigenvalue weighted by Gasteiger charge is 2.24. The van der Waals surface area contributed by atoms with Crippen LogP contribution in [0.5, 0.6) is 0 Å². The van der Waals surface area contributed by atoms with Gasteiger partial charge in [-0.25, -0.2) is 0 Å². The molecule has 1 fully saturated rings. The average molecular weight is 252 g/mol. The van der Waals surface area contributed by atoms with Gasteiger partial charge in [-0.2, -0.15) is 5.10 Å². The third-order valence-corrected chi connectivity index (χ3v) is 3.41. The highest BCUT2D eigenvalue weighted by Crippen LogP contribution is 2.21. The largest absolute Gasteiger partial charge is 0.396 e. The van der Waals surface area contributed by atoms with Crippen LogP contribution in [-0.2, 0) is 11.8 Å². The van der Waals surface area contributed by atoms with Crippen molar-refractivity contribution < 1.29 is 9.53 Å². The van der Waals surface area contributed by atoms with E-state index in [1.54, 1.807) is 25.0 Å². The Bertz CT molecular complexity index is 422. The van der Waals surface area contributed by atoms with Crippen LogP contribution in [0.1, 0.15) is 36.2 Å². The number of nitrogens with zero attached hydrogens (tertiary/aromatic N) is 2. The SMILES string of the molecule is COC1CCC(NC(=O)c2nn(C)cc2N)CC1. The monoisotopic (exact) mass is 252 g/mol. The van der Waals surface area contributed by atoms with Crippen LogP contribution in [0.2, 0.25) is 0 Å². The lowest BCUT2D eigenvalue weighted by molar-refractivity contribution is 0.0598. The molecule has 0 bridgehead atoms. The van der Waals surface area contributed by atoms with Gasteiger partial charge in [-0.05, 0) is 25.7 Å². The highest BCUT2D eigenvalue weighted by atomic mass is 16.5. The fourth-order valence-corrected chi connectivity index (χ4v) is 2.38. The van der Waals surface area contributed by atoms with Gasteiger partial charge in [0.1, 0.15) is 0 Å². The molecule has 1 aromatic heterocycles. The molecule has 1 amide bonds. The number of hydrogen-bond acceptors (Lipinski definition) is 4. The van der Waals surface area contributed by atoms with Crippen LogP contribution in [0.15, 0.2) is 6.20 Å². The molecule has 0 aromatic carbocycles. The summed E-state index contributed by atoms with van der Waals surface area (Å²) in [6, 6.07) is 0.199. The van der Waals surface area contributed by atoms with E-state index >= 15 is 0 Å². The van der Waals surface area contributed by atoms with Gasteiger partial charge in [0.2, 0.25) is 0 Å². The molecule has 1 aliphatic rings. The normalized spacial score (nSPS) is 23.9. The number of ether oxygens (including phenoxy) is 1. The van der Waals surface area contributed by atoms with Crippen molar-refractivity contribution >= 4 is 11.6 Å². The number of carbonyl (C=O) groups is 1. The number of nitrogens with two attached hydrogens (primary N) is 1. The van der Waals surface area contributed by atoms with E-state index in [1.165, 1.54) is 0 Å². The van der Waals surface area contributed by atoms with Gasteiger partial charge in [-0.1, -0.05) is 0 Å². The van der Waals surface area contributed by atoms with E-state index in [1.807, 2.05) is 0 Å². The molecule has 3 N–H and O–H groups in total. The zero-order valence-electron chi connectivity index (χ0n) is 10.8. The Labute approximate surface area is 106 Å². The molecule has 18 heavy (non-hydrogen) atoms. The molecule has 0 atom stereocenters. The Balaban J connectivity index is 1.90. The minimum Gasteiger partial charge on any atom is -0.396 e. The Morgan fingerprint density at radius 2 is 2.17 bits per heavy atom. The zero-order chi connectivity index (χ0) is 13.1. The molecular weight excluding hydrogens is 232 g/mol. The zero-order valence-corrected chi connectivity index (χ0v) is 10.8. The number of rotatable bonds is 3. The second kappa shape index (κ2) is 5.39. The van der Waals surface area contributed by atoms with Crippen molar-refractivity contribution in [1.29, 1.82) is 0 Å². The summed E-state index contributed by atoms with van der Waals surface area (Å²) in [6.07, 6.45) is 5.82. The summed E-state index contributed by atoms with van der Waals surface area (Å²) in [5, 5.41) is 7.05. The molecule has 1 aromatic rings. The van der Waals surface area contributed by atoms with Gasteiger partial charge < -0.3 is 15.8 Å². The molecule has 6 nitrogen and oxygen atoms in total. The number of hydrogen-bond donors (Lipinski definition) is 2. The first-order valence-corrected chi connectivity index (χ1v) is 6.23. The summed E-state index contributed by atoms with van der Waals surface area (Å²) in [4.78, 5) is 12.0. The number of methoxy groups -OCH3 is 1. The number of anilines is 1. The van der Waals surface area contributed by atoms with Crippen molar-refractivity contribution in [2.75, 3.05) is 12.8 Å². The Morgan fingerprint density at radius 3 is 2.67 bits per heavy atom. The van der Waals surface area contributed by atoms with Crippen molar-refractivity contribution in [2.45, 2.75) is 37.8 Å². The molecule has 0 radical (unpaired) electrons. The number of aryl methyl sites for hydroxylation is 1. The predicted octanol–water partition coefficient (Wildman–Crippen LogP) is 0.690. The minimum absolute atomic E-state index is 0.186. The Hall–Kier alpha value is -1.56. The summed E-state index contributed by atoms with van der Waals surface area (Å²) in [5.74, 6) is -0.186. The van der Waals surface area contributed by atoms with Gasteiger partial charge in [0, 0.05) is 26.4 Å². The molecule has 1 saturated carbocycles. The van der Waals surface area contributed by atoms with Crippen molar-refractivity contribution in [1.82, 2.24) is 15.1 Å². The van der Waals surface area contributed by atoms with Crippen LogP contribution in [-0.4, -0.2) is 34.9 Å². The fraction of sp³-hybridized carbons (Fsp3) is 0.667. The van der Waals surface area contributed by atoms with Gasteiger partial charge in [0.05, 0.1) is 11.8 Å². The summed E-state index contributed by atoms with van der Waals surface area (Å²) in [7, 11) is 3.48. The van der Waals surface area contributed by atoms with Crippen LogP contribution >= 0.6 is 0 Å². The fourth-order valence-electron chi connectivity index (χ4n) is 2.38. The van der Waals surface area contributed by atoms with Crippen molar-refractivity contribution in [3.05, 3.63) is 11.9 Å². The number of aromatic nitrogens is 2. The summed E-state index contributed by atoms with van der Waals surface area (Å²) >= 11 is 0. The van der Waals surface area contributed by atoms with E-state index < -0.39 is 0 Å². The number of carbonyl (C=O) groups excluding carboxylic acids is 1. The molecule has 2 rings (SSSR count). The average Bonchev–Trinajstić information content (AvgIpc) is 2.69. The number of amides is 1. The number of nitrogens with one attached hydrogen (secondary N) is 1. The molecule has 0 saturated heterocycles. The van der Waals surface area contributed by atoms with Crippen LogP contribution < -0.4 is 11.1 Å². The van der Waals surface area contributed by atoms with E-state index in [9.17, 15) is 4.79 Å². The first kappa shape index (κ1) is 12.9. The van der Waals surface area contributed by atoms with Crippen LogP contribution in [0.3, 0.4) is 0 Å². The lowest BCUT2D eigenvalue weighted by Crippen LogP contribution is -2.39. The Morgan fingerprint density at radius 1 is 1.50 bits per heavy atom. The molecule has 100 valence electrons. The molecular formula is C12H20N4O2. The van der Waals surface area contributed by atoms with Gasteiger partial charge in [0.25, 0.3) is 5.91 Å². The topological polar surface area (TPSA) is 82.2 Å². The quantitative estimate of drug-likeness (QED) is 0.829. The van der Waals surface area contributed by atoms with E-state index in [0.29, 0.717) is 17.5 Å². The van der Waals surface area contributed by atoms with Gasteiger partial charge in [0.15, 0.2) is 5.69 Å². The minimum atomic E-state index is -0.186. The van der Waals surface area contributed by atoms with Crippen molar-refractivity contribution in [2.24, 2.45) is 7.05 Å². The maximum absolute atomic E-state index is 12.0. The lowest BCUT2D eigenvalue weighted by atomic mass is 9.93. The maximum Gasteiger partial charge on any atom is 0.274 e. The third kappa shape index (κ3) is 2.81. The van der Waals surface area contributed by atoms with Crippen molar-refractivity contribution in [3.8, 4) is 0 Å². The van der Waals surface area contributed by atoms with E-state index in [0.717, 1.165) is 25.7 Å². The van der Waals surface area contributed by atoms with Crippen molar-refractivity contribution in [3.63, 3.8) is 0 Å². The third-order valence-electron chi connectivity index (χ3n) is 3.41. The standard InChI is InChI=1S/C12H20N4O2/c1-16-7-10(13)11(15-16)12(17)14-8-3-5-9(18-2)6-4-8/h7-9H,3-6,13H2,1-2H3,(H,14,17). The first-order chi connectivity index (χ1) is 8.60. The molecule has 6 heteroatoms. The molecule has 0 spiro atoms. The second-order valence-corrected chi connectivity index (χ2v) is 4.79. The number of nitrogen functional groups attached to an aromatic ring is 1. The van der Waals surface area contributed by atoms with Gasteiger partial charge in [-0.3, -0.25) is 9.48 Å². The molecule has 1 heterocycles. The summed E-state index contributed by atoms with van der Waals surface area (Å²) in [6.45, 7) is 0. The molecule has 0 aliphatic heterocycles. The van der Waals surface area contributed by atoms with E-state index in [4.69, 9.17) is 10.5 Å². The van der Waals surface area contributed by atoms with E-state index in [-0.39, 0.29) is 11.9 Å². The lowest BCUT2D eigenvalue weighted by Gasteiger charge is -2.27. The summed E-state index contributed by atoms with van der Waals surface area (Å²) < 4.78 is 6.85. The molecule has 1 aliphatic carbocycles. The predicted molar refractivity (Wildman–Crippen MR) is 68.1 cm³/mol. The van der Waals surface area contributed by atoms with Crippen LogP contribution in [0, 0.1) is 0 Å². The second-order valence-electron chi connectivity index (χ2n) is 4.79.